The first-order chi connectivity index (χ1) is 14.4. The van der Waals surface area contributed by atoms with Gasteiger partial charge in [0.05, 0.1) is 11.3 Å². The average Bonchev–Trinajstić information content (AvgIpc) is 3.50. The van der Waals surface area contributed by atoms with Crippen LogP contribution >= 0.6 is 23.2 Å². The minimum Gasteiger partial charge on any atom is -0.458 e. The third kappa shape index (κ3) is 2.74. The molecule has 2 aliphatic heterocycles. The first-order valence-corrected chi connectivity index (χ1v) is 10.6. The molecule has 2 amide bonds. The van der Waals surface area contributed by atoms with Gasteiger partial charge in [-0.25, -0.2) is 4.79 Å². The number of nitrogens with zero attached hydrogens (tertiary/aromatic N) is 2. The van der Waals surface area contributed by atoms with Crippen LogP contribution in [0.25, 0.3) is 0 Å². The van der Waals surface area contributed by atoms with Crippen LogP contribution in [0.15, 0.2) is 42.5 Å². The highest BCUT2D eigenvalue weighted by molar-refractivity contribution is 6.36. The molecule has 2 aromatic carbocycles. The number of hydrogen-bond donors (Lipinski definition) is 0. The Hall–Kier alpha value is -2.57. The number of ether oxygens (including phenoxy) is 1. The van der Waals surface area contributed by atoms with Crippen LogP contribution in [0, 0.1) is 0 Å². The van der Waals surface area contributed by atoms with E-state index < -0.39 is 11.6 Å². The predicted octanol–water partition coefficient (Wildman–Crippen LogP) is 4.18. The number of amides is 2. The molecule has 0 aromatic heterocycles. The van der Waals surface area contributed by atoms with E-state index in [1.807, 2.05) is 0 Å². The first kappa shape index (κ1) is 19.4. The van der Waals surface area contributed by atoms with Gasteiger partial charge in [0.15, 0.2) is 0 Å². The molecule has 8 heteroatoms. The first-order valence-electron chi connectivity index (χ1n) is 9.81. The van der Waals surface area contributed by atoms with Gasteiger partial charge in [0.2, 0.25) is 11.6 Å². The van der Waals surface area contributed by atoms with Gasteiger partial charge in [0, 0.05) is 34.5 Å². The maximum atomic E-state index is 13.5. The van der Waals surface area contributed by atoms with Crippen molar-refractivity contribution < 1.29 is 19.1 Å². The molecule has 0 N–H and O–H groups in total. The van der Waals surface area contributed by atoms with Gasteiger partial charge in [-0.2, -0.15) is 0 Å². The Morgan fingerprint density at radius 3 is 2.47 bits per heavy atom. The Morgan fingerprint density at radius 1 is 1.07 bits per heavy atom. The van der Waals surface area contributed by atoms with Gasteiger partial charge >= 0.3 is 5.97 Å². The van der Waals surface area contributed by atoms with Crippen molar-refractivity contribution in [3.8, 4) is 0 Å². The second-order valence-electron chi connectivity index (χ2n) is 7.75. The Balaban J connectivity index is 1.56. The minimum atomic E-state index is -1.47. The van der Waals surface area contributed by atoms with Crippen molar-refractivity contribution in [3.63, 3.8) is 0 Å². The standard InChI is InChI=1S/C22H18Cl2N2O4/c23-16-5-3-6-17(24)15(16)12-30-21(29)22-11-10-19(27)26(22)18-7-2-1-4-14(18)20(28)25(22)13-8-9-13/h1-7,13H,8-12H2/t22-/m1/s1. The van der Waals surface area contributed by atoms with E-state index in [-0.39, 0.29) is 37.3 Å². The van der Waals surface area contributed by atoms with Gasteiger partial charge in [0.25, 0.3) is 5.91 Å². The van der Waals surface area contributed by atoms with Crippen LogP contribution in [0.3, 0.4) is 0 Å². The van der Waals surface area contributed by atoms with Crippen molar-refractivity contribution in [2.75, 3.05) is 4.90 Å². The Kier molecular flexibility index (Phi) is 4.52. The number of anilines is 1. The number of fused-ring (bicyclic) bond motifs is 3. The van der Waals surface area contributed by atoms with Crippen molar-refractivity contribution >= 4 is 46.7 Å². The lowest BCUT2D eigenvalue weighted by atomic mass is 9.96. The van der Waals surface area contributed by atoms with Gasteiger partial charge < -0.3 is 9.64 Å². The highest BCUT2D eigenvalue weighted by atomic mass is 35.5. The van der Waals surface area contributed by atoms with Crippen molar-refractivity contribution in [1.29, 1.82) is 0 Å². The van der Waals surface area contributed by atoms with Crippen LogP contribution in [0.1, 0.15) is 41.6 Å². The molecule has 2 fully saturated rings. The number of halogens is 2. The number of benzene rings is 2. The van der Waals surface area contributed by atoms with E-state index in [9.17, 15) is 14.4 Å². The SMILES string of the molecule is O=C1CC[C@]2(C(=O)OCc3c(Cl)cccc3Cl)N1c1ccccc1C(=O)N2C1CC1. The average molecular weight is 445 g/mol. The van der Waals surface area contributed by atoms with E-state index in [4.69, 9.17) is 27.9 Å². The summed E-state index contributed by atoms with van der Waals surface area (Å²) in [6.45, 7) is -0.143. The van der Waals surface area contributed by atoms with Crippen LogP contribution < -0.4 is 4.90 Å². The lowest BCUT2D eigenvalue weighted by Crippen LogP contribution is -2.69. The molecular weight excluding hydrogens is 427 g/mol. The third-order valence-electron chi connectivity index (χ3n) is 5.95. The minimum absolute atomic E-state index is 0.0873. The second kappa shape index (κ2) is 7.00. The van der Waals surface area contributed by atoms with E-state index in [1.54, 1.807) is 47.4 Å². The van der Waals surface area contributed by atoms with Gasteiger partial charge in [-0.05, 0) is 37.1 Å². The van der Waals surface area contributed by atoms with Crippen molar-refractivity contribution in [2.24, 2.45) is 0 Å². The van der Waals surface area contributed by atoms with Crippen molar-refractivity contribution in [3.05, 3.63) is 63.6 Å². The molecule has 2 aromatic rings. The van der Waals surface area contributed by atoms with Crippen molar-refractivity contribution in [1.82, 2.24) is 4.90 Å². The largest absolute Gasteiger partial charge is 0.458 e. The number of rotatable bonds is 4. The Labute approximate surface area is 183 Å². The zero-order valence-corrected chi connectivity index (χ0v) is 17.4. The molecule has 0 spiro atoms. The summed E-state index contributed by atoms with van der Waals surface area (Å²) in [6.07, 6.45) is 1.94. The van der Waals surface area contributed by atoms with Crippen LogP contribution in [0.4, 0.5) is 5.69 Å². The summed E-state index contributed by atoms with van der Waals surface area (Å²) >= 11 is 12.4. The molecule has 1 atom stereocenters. The van der Waals surface area contributed by atoms with Crippen LogP contribution in [-0.4, -0.2) is 34.4 Å². The summed E-state index contributed by atoms with van der Waals surface area (Å²) in [5, 5.41) is 0.771. The molecule has 154 valence electrons. The number of carbonyl (C=O) groups is 3. The lowest BCUT2D eigenvalue weighted by Gasteiger charge is -2.48. The summed E-state index contributed by atoms with van der Waals surface area (Å²) in [5.74, 6) is -1.08. The van der Waals surface area contributed by atoms with E-state index in [2.05, 4.69) is 0 Å². The molecule has 5 rings (SSSR count). The number of para-hydroxylation sites is 1. The number of carbonyl (C=O) groups excluding carboxylic acids is 3. The van der Waals surface area contributed by atoms with E-state index >= 15 is 0 Å². The monoisotopic (exact) mass is 444 g/mol. The molecule has 1 aliphatic carbocycles. The number of esters is 1. The predicted molar refractivity (Wildman–Crippen MR) is 111 cm³/mol. The Morgan fingerprint density at radius 2 is 1.77 bits per heavy atom. The van der Waals surface area contributed by atoms with Gasteiger partial charge in [-0.15, -0.1) is 0 Å². The summed E-state index contributed by atoms with van der Waals surface area (Å²) in [7, 11) is 0. The zero-order chi connectivity index (χ0) is 21.0. The molecule has 6 nitrogen and oxygen atoms in total. The second-order valence-corrected chi connectivity index (χ2v) is 8.56. The summed E-state index contributed by atoms with van der Waals surface area (Å²) in [4.78, 5) is 42.8. The van der Waals surface area contributed by atoms with Crippen molar-refractivity contribution in [2.45, 2.75) is 44.0 Å². The zero-order valence-electron chi connectivity index (χ0n) is 15.9. The molecule has 3 aliphatic rings. The molecule has 0 radical (unpaired) electrons. The summed E-state index contributed by atoms with van der Waals surface area (Å²) in [6, 6.07) is 11.9. The van der Waals surface area contributed by atoms with Gasteiger partial charge in [-0.1, -0.05) is 41.4 Å². The van der Waals surface area contributed by atoms with E-state index in [0.717, 1.165) is 12.8 Å². The summed E-state index contributed by atoms with van der Waals surface area (Å²) < 4.78 is 5.66. The fraction of sp³-hybridized carbons (Fsp3) is 0.318. The number of hydrogen-bond acceptors (Lipinski definition) is 4. The molecule has 0 bridgehead atoms. The normalized spacial score (nSPS) is 22.7. The lowest BCUT2D eigenvalue weighted by molar-refractivity contribution is -0.159. The molecule has 2 heterocycles. The molecule has 0 unspecified atom stereocenters. The molecular formula is C22H18Cl2N2O4. The Bertz CT molecular complexity index is 1060. The highest BCUT2D eigenvalue weighted by Gasteiger charge is 2.64. The van der Waals surface area contributed by atoms with Crippen LogP contribution in [0.5, 0.6) is 0 Å². The van der Waals surface area contributed by atoms with Gasteiger partial charge in [0.1, 0.15) is 6.61 Å². The quantitative estimate of drug-likeness (QED) is 0.663. The highest BCUT2D eigenvalue weighted by Crippen LogP contribution is 2.49. The summed E-state index contributed by atoms with van der Waals surface area (Å²) in [5.41, 5.74) is -0.106. The van der Waals surface area contributed by atoms with Crippen LogP contribution in [0.2, 0.25) is 10.0 Å². The topological polar surface area (TPSA) is 66.9 Å². The van der Waals surface area contributed by atoms with Crippen LogP contribution in [-0.2, 0) is 20.9 Å². The molecule has 1 saturated heterocycles. The van der Waals surface area contributed by atoms with E-state index in [1.165, 1.54) is 4.90 Å². The van der Waals surface area contributed by atoms with E-state index in [0.29, 0.717) is 26.9 Å². The fourth-order valence-electron chi connectivity index (χ4n) is 4.44. The molecule has 30 heavy (non-hydrogen) atoms. The van der Waals surface area contributed by atoms with Gasteiger partial charge in [-0.3, -0.25) is 14.5 Å². The third-order valence-corrected chi connectivity index (χ3v) is 6.66. The maximum absolute atomic E-state index is 13.5. The fourth-order valence-corrected chi connectivity index (χ4v) is 4.94. The smallest absolute Gasteiger partial charge is 0.354 e. The molecule has 1 saturated carbocycles. The maximum Gasteiger partial charge on any atom is 0.354 e.